The Kier molecular flexibility index (Phi) is 3.34. The summed E-state index contributed by atoms with van der Waals surface area (Å²) < 4.78 is 4.69. The Balaban J connectivity index is 2.25. The third-order valence-electron chi connectivity index (χ3n) is 2.06. The SMILES string of the molecule is CCOC(=O)NC1CCCC1O. The minimum Gasteiger partial charge on any atom is -0.450 e. The zero-order valence-corrected chi connectivity index (χ0v) is 7.25. The molecule has 4 heteroatoms. The van der Waals surface area contributed by atoms with Crippen molar-refractivity contribution >= 4 is 6.09 Å². The Morgan fingerprint density at radius 2 is 2.42 bits per heavy atom. The molecule has 1 aliphatic rings. The van der Waals surface area contributed by atoms with Crippen LogP contribution in [0.1, 0.15) is 26.2 Å². The fraction of sp³-hybridized carbons (Fsp3) is 0.875. The molecule has 1 amide bonds. The molecule has 0 spiro atoms. The fourth-order valence-corrected chi connectivity index (χ4v) is 1.43. The van der Waals surface area contributed by atoms with E-state index < -0.39 is 12.2 Å². The van der Waals surface area contributed by atoms with Crippen LogP contribution < -0.4 is 5.32 Å². The lowest BCUT2D eigenvalue weighted by Crippen LogP contribution is -2.40. The van der Waals surface area contributed by atoms with E-state index >= 15 is 0 Å². The molecule has 0 heterocycles. The summed E-state index contributed by atoms with van der Waals surface area (Å²) in [6.07, 6.45) is 1.77. The van der Waals surface area contributed by atoms with Crippen LogP contribution in [0, 0.1) is 0 Å². The molecule has 1 rings (SSSR count). The van der Waals surface area contributed by atoms with Crippen LogP contribution >= 0.6 is 0 Å². The van der Waals surface area contributed by atoms with Crippen molar-refractivity contribution in [3.05, 3.63) is 0 Å². The first-order valence-electron chi connectivity index (χ1n) is 4.35. The van der Waals surface area contributed by atoms with E-state index in [2.05, 4.69) is 5.32 Å². The third-order valence-corrected chi connectivity index (χ3v) is 2.06. The Labute approximate surface area is 71.9 Å². The fourth-order valence-electron chi connectivity index (χ4n) is 1.43. The van der Waals surface area contributed by atoms with E-state index in [4.69, 9.17) is 4.74 Å². The van der Waals surface area contributed by atoms with Gasteiger partial charge in [-0.1, -0.05) is 0 Å². The van der Waals surface area contributed by atoms with Crippen molar-refractivity contribution < 1.29 is 14.6 Å². The Morgan fingerprint density at radius 1 is 1.67 bits per heavy atom. The number of hydrogen-bond donors (Lipinski definition) is 2. The summed E-state index contributed by atoms with van der Waals surface area (Å²) in [5.74, 6) is 0. The number of aliphatic hydroxyl groups is 1. The number of nitrogens with one attached hydrogen (secondary N) is 1. The van der Waals surface area contributed by atoms with E-state index in [1.807, 2.05) is 0 Å². The molecule has 12 heavy (non-hydrogen) atoms. The van der Waals surface area contributed by atoms with Crippen molar-refractivity contribution in [2.24, 2.45) is 0 Å². The van der Waals surface area contributed by atoms with Gasteiger partial charge in [0.05, 0.1) is 18.8 Å². The first kappa shape index (κ1) is 9.32. The molecule has 0 aromatic rings. The molecule has 0 radical (unpaired) electrons. The molecule has 70 valence electrons. The zero-order valence-electron chi connectivity index (χ0n) is 7.25. The van der Waals surface area contributed by atoms with Crippen LogP contribution in [0.25, 0.3) is 0 Å². The average Bonchev–Trinajstić information content (AvgIpc) is 2.37. The van der Waals surface area contributed by atoms with Crippen LogP contribution in [0.15, 0.2) is 0 Å². The van der Waals surface area contributed by atoms with E-state index in [0.717, 1.165) is 19.3 Å². The van der Waals surface area contributed by atoms with Crippen molar-refractivity contribution in [2.45, 2.75) is 38.3 Å². The Morgan fingerprint density at radius 3 is 2.92 bits per heavy atom. The summed E-state index contributed by atoms with van der Waals surface area (Å²) in [6, 6.07) is -0.107. The lowest BCUT2D eigenvalue weighted by Gasteiger charge is -2.15. The summed E-state index contributed by atoms with van der Waals surface area (Å²) in [5, 5.41) is 12.0. The molecule has 2 unspecified atom stereocenters. The van der Waals surface area contributed by atoms with E-state index in [-0.39, 0.29) is 6.04 Å². The smallest absolute Gasteiger partial charge is 0.407 e. The highest BCUT2D eigenvalue weighted by molar-refractivity contribution is 5.67. The van der Waals surface area contributed by atoms with E-state index in [1.54, 1.807) is 6.92 Å². The lowest BCUT2D eigenvalue weighted by molar-refractivity contribution is 0.120. The van der Waals surface area contributed by atoms with Crippen LogP contribution in [0.4, 0.5) is 4.79 Å². The highest BCUT2D eigenvalue weighted by Crippen LogP contribution is 2.18. The van der Waals surface area contributed by atoms with Gasteiger partial charge in [-0.2, -0.15) is 0 Å². The maximum absolute atomic E-state index is 10.9. The number of carbonyl (C=O) groups excluding carboxylic acids is 1. The predicted octanol–water partition coefficient (Wildman–Crippen LogP) is 0.646. The minimum absolute atomic E-state index is 0.107. The molecule has 0 aromatic carbocycles. The van der Waals surface area contributed by atoms with Crippen LogP contribution in [-0.4, -0.2) is 30.0 Å². The summed E-state index contributed by atoms with van der Waals surface area (Å²) in [4.78, 5) is 10.9. The monoisotopic (exact) mass is 173 g/mol. The topological polar surface area (TPSA) is 58.6 Å². The van der Waals surface area contributed by atoms with E-state index in [1.165, 1.54) is 0 Å². The molecule has 2 N–H and O–H groups in total. The molecular weight excluding hydrogens is 158 g/mol. The number of alkyl carbamates (subject to hydrolysis) is 1. The summed E-state index contributed by atoms with van der Waals surface area (Å²) in [6.45, 7) is 2.12. The van der Waals surface area contributed by atoms with Crippen molar-refractivity contribution in [1.82, 2.24) is 5.32 Å². The molecule has 4 nitrogen and oxygen atoms in total. The highest BCUT2D eigenvalue weighted by Gasteiger charge is 2.26. The minimum atomic E-state index is -0.427. The number of aliphatic hydroxyl groups excluding tert-OH is 1. The summed E-state index contributed by atoms with van der Waals surface area (Å²) in [5.41, 5.74) is 0. The highest BCUT2D eigenvalue weighted by atomic mass is 16.5. The van der Waals surface area contributed by atoms with Gasteiger partial charge >= 0.3 is 6.09 Å². The molecule has 1 fully saturated rings. The molecule has 2 atom stereocenters. The van der Waals surface area contributed by atoms with Gasteiger partial charge in [-0.15, -0.1) is 0 Å². The largest absolute Gasteiger partial charge is 0.450 e. The molecule has 0 bridgehead atoms. The normalized spacial score (nSPS) is 28.5. The third kappa shape index (κ3) is 2.37. The molecule has 0 aromatic heterocycles. The van der Waals surface area contributed by atoms with E-state index in [9.17, 15) is 9.90 Å². The molecule has 1 aliphatic carbocycles. The van der Waals surface area contributed by atoms with Crippen LogP contribution in [0.5, 0.6) is 0 Å². The summed E-state index contributed by atoms with van der Waals surface area (Å²) in [7, 11) is 0. The number of ether oxygens (including phenoxy) is 1. The number of carbonyl (C=O) groups is 1. The van der Waals surface area contributed by atoms with Gasteiger partial charge in [0.2, 0.25) is 0 Å². The quantitative estimate of drug-likeness (QED) is 0.644. The van der Waals surface area contributed by atoms with Gasteiger partial charge in [-0.05, 0) is 26.2 Å². The molecule has 0 aliphatic heterocycles. The van der Waals surface area contributed by atoms with Gasteiger partial charge in [-0.25, -0.2) is 4.79 Å². The van der Waals surface area contributed by atoms with Gasteiger partial charge in [0.25, 0.3) is 0 Å². The average molecular weight is 173 g/mol. The maximum atomic E-state index is 10.9. The van der Waals surface area contributed by atoms with Crippen LogP contribution in [0.3, 0.4) is 0 Å². The van der Waals surface area contributed by atoms with Gasteiger partial charge in [0, 0.05) is 0 Å². The Bertz CT molecular complexity index is 160. The second kappa shape index (κ2) is 4.30. The van der Waals surface area contributed by atoms with Crippen molar-refractivity contribution in [2.75, 3.05) is 6.61 Å². The first-order chi connectivity index (χ1) is 5.74. The predicted molar refractivity (Wildman–Crippen MR) is 43.8 cm³/mol. The number of amides is 1. The Hall–Kier alpha value is -0.770. The van der Waals surface area contributed by atoms with Gasteiger partial charge < -0.3 is 15.2 Å². The molecule has 1 saturated carbocycles. The lowest BCUT2D eigenvalue weighted by atomic mass is 10.2. The maximum Gasteiger partial charge on any atom is 0.407 e. The van der Waals surface area contributed by atoms with Gasteiger partial charge in [0.15, 0.2) is 0 Å². The van der Waals surface area contributed by atoms with Gasteiger partial charge in [-0.3, -0.25) is 0 Å². The second-order valence-electron chi connectivity index (χ2n) is 2.97. The zero-order chi connectivity index (χ0) is 8.97. The molecular formula is C8H15NO3. The number of hydrogen-bond acceptors (Lipinski definition) is 3. The van der Waals surface area contributed by atoms with Crippen molar-refractivity contribution in [3.63, 3.8) is 0 Å². The van der Waals surface area contributed by atoms with Crippen molar-refractivity contribution in [1.29, 1.82) is 0 Å². The molecule has 0 saturated heterocycles. The second-order valence-corrected chi connectivity index (χ2v) is 2.97. The standard InChI is InChI=1S/C8H15NO3/c1-2-12-8(11)9-6-4-3-5-7(6)10/h6-7,10H,2-5H2,1H3,(H,9,11). The summed E-state index contributed by atoms with van der Waals surface area (Å²) >= 11 is 0. The number of rotatable bonds is 2. The van der Waals surface area contributed by atoms with Crippen LogP contribution in [-0.2, 0) is 4.74 Å². The van der Waals surface area contributed by atoms with Gasteiger partial charge in [0.1, 0.15) is 0 Å². The van der Waals surface area contributed by atoms with Crippen LogP contribution in [0.2, 0.25) is 0 Å². The van der Waals surface area contributed by atoms with E-state index in [0.29, 0.717) is 6.61 Å². The first-order valence-corrected chi connectivity index (χ1v) is 4.35. The van der Waals surface area contributed by atoms with Crippen molar-refractivity contribution in [3.8, 4) is 0 Å².